The summed E-state index contributed by atoms with van der Waals surface area (Å²) in [6.45, 7) is 2.89. The van der Waals surface area contributed by atoms with Crippen molar-refractivity contribution in [1.82, 2.24) is 4.98 Å². The molecular weight excluding hydrogens is 322 g/mol. The standard InChI is InChI=1S/C14H15N3OS3/c1-2-10(21-14-15-7-8-19-14)12(18)17-13-16-9-5-3-4-6-11(9)20-13/h3-6,10H,2,7-8H2,1H3,(H,16,17,18)/t10-/m0/s1. The summed E-state index contributed by atoms with van der Waals surface area (Å²) in [5.74, 6) is 1.04. The highest BCUT2D eigenvalue weighted by Crippen LogP contribution is 2.30. The summed E-state index contributed by atoms with van der Waals surface area (Å²) in [5.41, 5.74) is 0.925. The molecule has 1 aliphatic rings. The number of aromatic nitrogens is 1. The molecule has 110 valence electrons. The lowest BCUT2D eigenvalue weighted by molar-refractivity contribution is -0.115. The van der Waals surface area contributed by atoms with Crippen LogP contribution in [-0.2, 0) is 4.79 Å². The zero-order chi connectivity index (χ0) is 14.7. The summed E-state index contributed by atoms with van der Waals surface area (Å²) >= 11 is 4.81. The number of carbonyl (C=O) groups is 1. The second kappa shape index (κ2) is 6.81. The first-order valence-corrected chi connectivity index (χ1v) is 9.45. The van der Waals surface area contributed by atoms with Crippen LogP contribution in [0.3, 0.4) is 0 Å². The van der Waals surface area contributed by atoms with Crippen LogP contribution in [-0.4, -0.2) is 32.8 Å². The van der Waals surface area contributed by atoms with Crippen LogP contribution in [0.25, 0.3) is 10.2 Å². The molecule has 3 rings (SSSR count). The Morgan fingerprint density at radius 2 is 2.33 bits per heavy atom. The normalized spacial score (nSPS) is 16.0. The lowest BCUT2D eigenvalue weighted by Crippen LogP contribution is -2.25. The van der Waals surface area contributed by atoms with E-state index in [0.29, 0.717) is 5.13 Å². The third-order valence-corrected chi connectivity index (χ3v) is 6.51. The number of benzene rings is 1. The molecule has 1 amide bonds. The minimum atomic E-state index is -0.110. The minimum absolute atomic E-state index is 0.0109. The Balaban J connectivity index is 1.68. The van der Waals surface area contributed by atoms with Crippen LogP contribution in [0.5, 0.6) is 0 Å². The fourth-order valence-electron chi connectivity index (χ4n) is 1.94. The maximum Gasteiger partial charge on any atom is 0.239 e. The van der Waals surface area contributed by atoms with Crippen LogP contribution in [0.2, 0.25) is 0 Å². The van der Waals surface area contributed by atoms with E-state index in [0.717, 1.165) is 33.3 Å². The third kappa shape index (κ3) is 3.59. The zero-order valence-corrected chi connectivity index (χ0v) is 14.0. The number of hydrogen-bond acceptors (Lipinski definition) is 6. The second-order valence-electron chi connectivity index (χ2n) is 4.49. The number of nitrogens with zero attached hydrogens (tertiary/aromatic N) is 2. The molecular formula is C14H15N3OS3. The molecule has 1 aliphatic heterocycles. The van der Waals surface area contributed by atoms with Crippen molar-refractivity contribution in [2.24, 2.45) is 4.99 Å². The Morgan fingerprint density at radius 3 is 3.05 bits per heavy atom. The predicted molar refractivity (Wildman–Crippen MR) is 94.7 cm³/mol. The van der Waals surface area contributed by atoms with Gasteiger partial charge in [-0.15, -0.1) is 0 Å². The van der Waals surface area contributed by atoms with Gasteiger partial charge in [0, 0.05) is 5.75 Å². The molecule has 0 radical (unpaired) electrons. The molecule has 0 aliphatic carbocycles. The van der Waals surface area contributed by atoms with Crippen LogP contribution in [0.1, 0.15) is 13.3 Å². The number of para-hydroxylation sites is 1. The Labute approximate surface area is 135 Å². The fraction of sp³-hybridized carbons (Fsp3) is 0.357. The molecule has 1 N–H and O–H groups in total. The van der Waals surface area contributed by atoms with Gasteiger partial charge in [-0.2, -0.15) is 0 Å². The largest absolute Gasteiger partial charge is 0.301 e. The topological polar surface area (TPSA) is 54.4 Å². The van der Waals surface area contributed by atoms with Crippen molar-refractivity contribution < 1.29 is 4.79 Å². The molecule has 0 bridgehead atoms. The van der Waals surface area contributed by atoms with Gasteiger partial charge in [0.2, 0.25) is 5.91 Å². The van der Waals surface area contributed by atoms with Crippen molar-refractivity contribution in [3.8, 4) is 0 Å². The number of amides is 1. The number of rotatable bonds is 4. The maximum atomic E-state index is 12.4. The molecule has 4 nitrogen and oxygen atoms in total. The van der Waals surface area contributed by atoms with E-state index in [1.54, 1.807) is 23.5 Å². The first kappa shape index (κ1) is 14.9. The van der Waals surface area contributed by atoms with E-state index < -0.39 is 0 Å². The summed E-state index contributed by atoms with van der Waals surface area (Å²) < 4.78 is 2.12. The Morgan fingerprint density at radius 1 is 1.48 bits per heavy atom. The average molecular weight is 337 g/mol. The number of thiazole rings is 1. The number of fused-ring (bicyclic) bond motifs is 1. The third-order valence-electron chi connectivity index (χ3n) is 2.99. The van der Waals surface area contributed by atoms with Crippen LogP contribution in [0.4, 0.5) is 5.13 Å². The van der Waals surface area contributed by atoms with Crippen LogP contribution in [0.15, 0.2) is 29.3 Å². The van der Waals surface area contributed by atoms with Gasteiger partial charge in [0.1, 0.15) is 4.38 Å². The van der Waals surface area contributed by atoms with E-state index in [4.69, 9.17) is 0 Å². The second-order valence-corrected chi connectivity index (χ2v) is 8.05. The SMILES string of the molecule is CC[C@H](SC1=NCCS1)C(=O)Nc1nc2ccccc2s1. The summed E-state index contributed by atoms with van der Waals surface area (Å²) in [4.78, 5) is 21.2. The molecule has 2 aromatic rings. The number of anilines is 1. The van der Waals surface area contributed by atoms with Crippen LogP contribution < -0.4 is 5.32 Å². The van der Waals surface area contributed by atoms with Crippen molar-refractivity contribution in [3.63, 3.8) is 0 Å². The first-order valence-electron chi connectivity index (χ1n) is 6.76. The number of hydrogen-bond donors (Lipinski definition) is 1. The Bertz CT molecular complexity index is 650. The van der Waals surface area contributed by atoms with E-state index in [1.807, 2.05) is 31.2 Å². The molecule has 0 saturated heterocycles. The summed E-state index contributed by atoms with van der Waals surface area (Å²) in [6, 6.07) is 7.90. The van der Waals surface area contributed by atoms with E-state index >= 15 is 0 Å². The van der Waals surface area contributed by atoms with Gasteiger partial charge in [-0.05, 0) is 18.6 Å². The highest BCUT2D eigenvalue weighted by molar-refractivity contribution is 8.39. The van der Waals surface area contributed by atoms with Gasteiger partial charge in [-0.1, -0.05) is 53.9 Å². The molecule has 1 atom stereocenters. The van der Waals surface area contributed by atoms with Gasteiger partial charge in [0.05, 0.1) is 22.0 Å². The molecule has 1 aromatic carbocycles. The van der Waals surface area contributed by atoms with Crippen molar-refractivity contribution in [1.29, 1.82) is 0 Å². The van der Waals surface area contributed by atoms with Crippen molar-refractivity contribution >= 4 is 60.5 Å². The lowest BCUT2D eigenvalue weighted by Gasteiger charge is -2.12. The van der Waals surface area contributed by atoms with Crippen molar-refractivity contribution in [3.05, 3.63) is 24.3 Å². The van der Waals surface area contributed by atoms with Crippen molar-refractivity contribution in [2.75, 3.05) is 17.6 Å². The first-order chi connectivity index (χ1) is 10.3. The summed E-state index contributed by atoms with van der Waals surface area (Å²) in [5, 5.41) is 3.50. The molecule has 2 heterocycles. The average Bonchev–Trinajstić information content (AvgIpc) is 3.13. The molecule has 1 aromatic heterocycles. The highest BCUT2D eigenvalue weighted by Gasteiger charge is 2.22. The maximum absolute atomic E-state index is 12.4. The predicted octanol–water partition coefficient (Wildman–Crippen LogP) is 3.85. The Kier molecular flexibility index (Phi) is 4.82. The molecule has 0 fully saturated rings. The molecule has 0 spiro atoms. The highest BCUT2D eigenvalue weighted by atomic mass is 32.2. The van der Waals surface area contributed by atoms with Gasteiger partial charge in [-0.25, -0.2) is 4.98 Å². The van der Waals surface area contributed by atoms with Gasteiger partial charge in [0.25, 0.3) is 0 Å². The van der Waals surface area contributed by atoms with E-state index in [2.05, 4.69) is 15.3 Å². The van der Waals surface area contributed by atoms with E-state index in [9.17, 15) is 4.79 Å². The van der Waals surface area contributed by atoms with Crippen LogP contribution >= 0.6 is 34.9 Å². The molecule has 0 saturated carbocycles. The Hall–Kier alpha value is -1.05. The number of thioether (sulfide) groups is 2. The molecule has 21 heavy (non-hydrogen) atoms. The van der Waals surface area contributed by atoms with Gasteiger partial charge in [-0.3, -0.25) is 9.79 Å². The zero-order valence-electron chi connectivity index (χ0n) is 11.5. The van der Waals surface area contributed by atoms with Gasteiger partial charge in [0.15, 0.2) is 5.13 Å². The monoisotopic (exact) mass is 337 g/mol. The number of nitrogens with one attached hydrogen (secondary N) is 1. The minimum Gasteiger partial charge on any atom is -0.301 e. The van der Waals surface area contributed by atoms with E-state index in [1.165, 1.54) is 11.3 Å². The number of carbonyl (C=O) groups excluding carboxylic acids is 1. The van der Waals surface area contributed by atoms with Crippen molar-refractivity contribution in [2.45, 2.75) is 18.6 Å². The summed E-state index contributed by atoms with van der Waals surface area (Å²) in [7, 11) is 0. The van der Waals surface area contributed by atoms with Gasteiger partial charge < -0.3 is 5.32 Å². The van der Waals surface area contributed by atoms with Crippen LogP contribution in [0, 0.1) is 0 Å². The number of aliphatic imine (C=N–C) groups is 1. The smallest absolute Gasteiger partial charge is 0.239 e. The quantitative estimate of drug-likeness (QED) is 0.921. The fourth-order valence-corrected chi connectivity index (χ4v) is 4.96. The van der Waals surface area contributed by atoms with E-state index in [-0.39, 0.29) is 11.2 Å². The van der Waals surface area contributed by atoms with Gasteiger partial charge >= 0.3 is 0 Å². The summed E-state index contributed by atoms with van der Waals surface area (Å²) in [6.07, 6.45) is 0.779. The lowest BCUT2D eigenvalue weighted by atomic mass is 10.3. The molecule has 0 unspecified atom stereocenters. The molecule has 7 heteroatoms.